The van der Waals surface area contributed by atoms with E-state index >= 15 is 0 Å². The van der Waals surface area contributed by atoms with Gasteiger partial charge in [-0.05, 0) is 57.9 Å². The largest absolute Gasteiger partial charge is 0.488 e. The minimum absolute atomic E-state index is 0.0321. The molecule has 3 atom stereocenters. The van der Waals surface area contributed by atoms with E-state index in [0.717, 1.165) is 42.0 Å². The van der Waals surface area contributed by atoms with Gasteiger partial charge in [-0.25, -0.2) is 4.63 Å². The molecule has 0 radical (unpaired) electrons. The Morgan fingerprint density at radius 2 is 2.12 bits per heavy atom. The molecule has 0 aliphatic heterocycles. The highest BCUT2D eigenvalue weighted by Crippen LogP contribution is 2.28. The normalized spacial score (nSPS) is 24.3. The Hall–Kier alpha value is -1.92. The van der Waals surface area contributed by atoms with Crippen LogP contribution in [-0.2, 0) is 6.54 Å². The molecule has 1 aromatic heterocycles. The molecule has 1 aliphatic carbocycles. The van der Waals surface area contributed by atoms with Gasteiger partial charge in [-0.2, -0.15) is 0 Å². The summed E-state index contributed by atoms with van der Waals surface area (Å²) in [5.74, 6) is 0.818. The number of aromatic nitrogens is 2. The third kappa shape index (κ3) is 3.76. The maximum absolute atomic E-state index is 10.8. The topological polar surface area (TPSA) is 71.6 Å². The van der Waals surface area contributed by atoms with Crippen LogP contribution in [0.2, 0.25) is 0 Å². The van der Waals surface area contributed by atoms with Crippen molar-refractivity contribution < 1.29 is 14.5 Å². The van der Waals surface area contributed by atoms with Crippen LogP contribution in [-0.4, -0.2) is 45.6 Å². The molecule has 1 fully saturated rings. The highest BCUT2D eigenvalue weighted by molar-refractivity contribution is 5.27. The lowest BCUT2D eigenvalue weighted by Gasteiger charge is -2.39. The molecule has 1 heterocycles. The third-order valence-electron chi connectivity index (χ3n) is 4.75. The van der Waals surface area contributed by atoms with Gasteiger partial charge in [0.2, 0.25) is 0 Å². The third-order valence-corrected chi connectivity index (χ3v) is 4.75. The predicted molar refractivity (Wildman–Crippen MR) is 89.7 cm³/mol. The Kier molecular flexibility index (Phi) is 5.16. The minimum atomic E-state index is -0.538. The lowest BCUT2D eigenvalue weighted by Crippen LogP contribution is -2.51. The van der Waals surface area contributed by atoms with Crippen molar-refractivity contribution in [2.75, 3.05) is 7.05 Å². The fraction of sp³-hybridized carbons (Fsp3) is 0.556. The van der Waals surface area contributed by atoms with Gasteiger partial charge in [-0.1, -0.05) is 22.4 Å². The number of aryl methyl sites for hydroxylation is 2. The summed E-state index contributed by atoms with van der Waals surface area (Å²) in [6.07, 6.45) is 2.10. The average Bonchev–Trinajstić information content (AvgIpc) is 2.94. The number of nitrogens with zero attached hydrogens (tertiary/aromatic N) is 3. The van der Waals surface area contributed by atoms with Gasteiger partial charge >= 0.3 is 0 Å². The molecule has 0 spiro atoms. The second-order valence-corrected chi connectivity index (χ2v) is 6.67. The molecule has 0 amide bonds. The molecule has 0 saturated heterocycles. The quantitative estimate of drug-likeness (QED) is 0.907. The molecular formula is C18H25N3O3. The molecule has 1 aromatic carbocycles. The summed E-state index contributed by atoms with van der Waals surface area (Å²) in [4.78, 5) is 2.11. The van der Waals surface area contributed by atoms with Crippen LogP contribution in [0, 0.1) is 13.8 Å². The number of benzene rings is 1. The van der Waals surface area contributed by atoms with Crippen molar-refractivity contribution in [3.05, 3.63) is 41.2 Å². The average molecular weight is 331 g/mol. The maximum atomic E-state index is 10.8. The van der Waals surface area contributed by atoms with E-state index in [2.05, 4.69) is 15.2 Å². The van der Waals surface area contributed by atoms with E-state index in [4.69, 9.17) is 9.37 Å². The van der Waals surface area contributed by atoms with E-state index in [9.17, 15) is 5.11 Å². The minimum Gasteiger partial charge on any atom is -0.488 e. The zero-order chi connectivity index (χ0) is 17.1. The first kappa shape index (κ1) is 16.9. The fourth-order valence-corrected chi connectivity index (χ4v) is 3.34. The second kappa shape index (κ2) is 7.32. The van der Waals surface area contributed by atoms with Crippen LogP contribution in [0.15, 0.2) is 28.9 Å². The summed E-state index contributed by atoms with van der Waals surface area (Å²) in [6, 6.07) is 7.99. The number of hydrogen-bond donors (Lipinski definition) is 1. The molecule has 3 rings (SSSR count). The Balaban J connectivity index is 1.65. The predicted octanol–water partition coefficient (Wildman–Crippen LogP) is 2.48. The lowest BCUT2D eigenvalue weighted by atomic mass is 9.89. The first-order chi connectivity index (χ1) is 11.5. The van der Waals surface area contributed by atoms with E-state index in [1.54, 1.807) is 0 Å². The number of aliphatic hydroxyl groups is 1. The van der Waals surface area contributed by atoms with Crippen molar-refractivity contribution >= 4 is 0 Å². The number of ether oxygens (including phenoxy) is 1. The van der Waals surface area contributed by atoms with Gasteiger partial charge in [0.25, 0.3) is 0 Å². The summed E-state index contributed by atoms with van der Waals surface area (Å²) >= 11 is 0. The van der Waals surface area contributed by atoms with Crippen molar-refractivity contribution in [2.45, 2.75) is 57.9 Å². The van der Waals surface area contributed by atoms with Crippen LogP contribution >= 0.6 is 0 Å². The highest BCUT2D eigenvalue weighted by atomic mass is 16.6. The highest BCUT2D eigenvalue weighted by Gasteiger charge is 2.36. The summed E-state index contributed by atoms with van der Waals surface area (Å²) < 4.78 is 10.8. The molecule has 0 bridgehead atoms. The smallest absolute Gasteiger partial charge is 0.126 e. The van der Waals surface area contributed by atoms with E-state index < -0.39 is 6.10 Å². The number of aliphatic hydroxyl groups excluding tert-OH is 1. The van der Waals surface area contributed by atoms with Crippen molar-refractivity contribution in [1.29, 1.82) is 0 Å². The molecule has 2 aromatic rings. The number of likely N-dealkylation sites (N-methyl/N-ethyl adjacent to an activating group) is 1. The molecular weight excluding hydrogens is 306 g/mol. The van der Waals surface area contributed by atoms with E-state index in [0.29, 0.717) is 6.54 Å². The summed E-state index contributed by atoms with van der Waals surface area (Å²) in [5.41, 5.74) is 2.76. The molecule has 6 nitrogen and oxygen atoms in total. The SMILES string of the molecule is Cc1cccc(O[C@@H]2CCC[C@H](N(C)Cc3nonc3C)[C@H]2O)c1. The number of hydrogen-bond acceptors (Lipinski definition) is 6. The second-order valence-electron chi connectivity index (χ2n) is 6.67. The van der Waals surface area contributed by atoms with Gasteiger partial charge in [0.1, 0.15) is 29.3 Å². The summed E-state index contributed by atoms with van der Waals surface area (Å²) in [6.45, 7) is 4.52. The first-order valence-corrected chi connectivity index (χ1v) is 8.44. The molecule has 130 valence electrons. The molecule has 1 N–H and O–H groups in total. The van der Waals surface area contributed by atoms with Crippen LogP contribution in [0.1, 0.15) is 36.2 Å². The summed E-state index contributed by atoms with van der Waals surface area (Å²) in [7, 11) is 2.00. The Morgan fingerprint density at radius 1 is 1.29 bits per heavy atom. The van der Waals surface area contributed by atoms with E-state index in [1.165, 1.54) is 0 Å². The fourth-order valence-electron chi connectivity index (χ4n) is 3.34. The van der Waals surface area contributed by atoms with Crippen LogP contribution in [0.3, 0.4) is 0 Å². The van der Waals surface area contributed by atoms with E-state index in [1.807, 2.05) is 45.2 Å². The Morgan fingerprint density at radius 3 is 2.83 bits per heavy atom. The first-order valence-electron chi connectivity index (χ1n) is 8.44. The zero-order valence-electron chi connectivity index (χ0n) is 14.5. The van der Waals surface area contributed by atoms with Crippen molar-refractivity contribution in [3.8, 4) is 5.75 Å². The van der Waals surface area contributed by atoms with Gasteiger partial charge in [0, 0.05) is 12.6 Å². The zero-order valence-corrected chi connectivity index (χ0v) is 14.5. The van der Waals surface area contributed by atoms with Crippen LogP contribution < -0.4 is 4.74 Å². The Bertz CT molecular complexity index is 673. The van der Waals surface area contributed by atoms with Crippen LogP contribution in [0.25, 0.3) is 0 Å². The molecule has 1 aliphatic rings. The molecule has 6 heteroatoms. The van der Waals surface area contributed by atoms with Crippen molar-refractivity contribution in [2.24, 2.45) is 0 Å². The lowest BCUT2D eigenvalue weighted by molar-refractivity contribution is -0.0495. The number of rotatable bonds is 5. The Labute approximate surface area is 142 Å². The van der Waals surface area contributed by atoms with Crippen LogP contribution in [0.4, 0.5) is 0 Å². The maximum Gasteiger partial charge on any atom is 0.126 e. The standard InChI is InChI=1S/C18H25N3O3/c1-12-6-4-7-14(10-12)23-17-9-5-8-16(18(17)22)21(3)11-15-13(2)19-24-20-15/h4,6-7,10,16-18,22H,5,8-9,11H2,1-3H3/t16-,17+,18+/m0/s1. The van der Waals surface area contributed by atoms with Crippen molar-refractivity contribution in [3.63, 3.8) is 0 Å². The van der Waals surface area contributed by atoms with Gasteiger partial charge < -0.3 is 9.84 Å². The molecule has 0 unspecified atom stereocenters. The summed E-state index contributed by atoms with van der Waals surface area (Å²) in [5, 5.41) is 18.5. The van der Waals surface area contributed by atoms with Gasteiger partial charge in [-0.3, -0.25) is 4.90 Å². The molecule has 1 saturated carbocycles. The van der Waals surface area contributed by atoms with Crippen LogP contribution in [0.5, 0.6) is 5.75 Å². The molecule has 24 heavy (non-hydrogen) atoms. The van der Waals surface area contributed by atoms with Gasteiger partial charge in [-0.15, -0.1) is 0 Å². The van der Waals surface area contributed by atoms with Crippen molar-refractivity contribution in [1.82, 2.24) is 15.2 Å². The van der Waals surface area contributed by atoms with Gasteiger partial charge in [0.05, 0.1) is 0 Å². The van der Waals surface area contributed by atoms with E-state index in [-0.39, 0.29) is 12.1 Å². The monoisotopic (exact) mass is 331 g/mol. The van der Waals surface area contributed by atoms with Gasteiger partial charge in [0.15, 0.2) is 0 Å².